The van der Waals surface area contributed by atoms with E-state index in [0.717, 1.165) is 6.07 Å². The van der Waals surface area contributed by atoms with E-state index in [1.165, 1.54) is 63.8 Å². The summed E-state index contributed by atoms with van der Waals surface area (Å²) in [4.78, 5) is 25.7. The highest BCUT2D eigenvalue weighted by atomic mass is 19.4. The summed E-state index contributed by atoms with van der Waals surface area (Å²) in [5, 5.41) is -0.128. The lowest BCUT2D eigenvalue weighted by atomic mass is 10.0. The molecule has 3 aromatic carbocycles. The van der Waals surface area contributed by atoms with Crippen molar-refractivity contribution in [2.75, 3.05) is 21.3 Å². The first-order valence-corrected chi connectivity index (χ1v) is 10.4. The summed E-state index contributed by atoms with van der Waals surface area (Å²) in [6.45, 7) is 0. The molecule has 0 N–H and O–H groups in total. The van der Waals surface area contributed by atoms with Crippen molar-refractivity contribution in [2.24, 2.45) is 0 Å². The van der Waals surface area contributed by atoms with Crippen LogP contribution in [0.25, 0.3) is 22.1 Å². The number of carbonyl (C=O) groups excluding carboxylic acids is 1. The summed E-state index contributed by atoms with van der Waals surface area (Å²) in [5.74, 6) is -1.39. The van der Waals surface area contributed by atoms with Crippen LogP contribution >= 0.6 is 0 Å². The largest absolute Gasteiger partial charge is 0.497 e. The molecule has 1 heterocycles. The standard InChI is InChI=1S/C26H19F3O7/c1-32-16-7-4-14(5-8-16)25(31)35-17-9-10-18-20(13-17)36-24(26(27,28)29)22(23(18)30)15-6-11-19(33-2)21(12-15)34-3/h4-13H,1-3H3. The van der Waals surface area contributed by atoms with Crippen molar-refractivity contribution in [3.05, 3.63) is 82.2 Å². The molecule has 0 saturated carbocycles. The smallest absolute Gasteiger partial charge is 0.450 e. The lowest BCUT2D eigenvalue weighted by molar-refractivity contribution is -0.152. The maximum Gasteiger partial charge on any atom is 0.450 e. The van der Waals surface area contributed by atoms with Gasteiger partial charge in [-0.25, -0.2) is 4.79 Å². The molecule has 0 unspecified atom stereocenters. The predicted molar refractivity (Wildman–Crippen MR) is 124 cm³/mol. The zero-order valence-electron chi connectivity index (χ0n) is 19.3. The van der Waals surface area contributed by atoms with Crippen LogP contribution in [0.1, 0.15) is 16.1 Å². The van der Waals surface area contributed by atoms with Gasteiger partial charge in [-0.2, -0.15) is 13.2 Å². The van der Waals surface area contributed by atoms with Gasteiger partial charge in [-0.3, -0.25) is 4.79 Å². The highest BCUT2D eigenvalue weighted by Crippen LogP contribution is 2.40. The van der Waals surface area contributed by atoms with Gasteiger partial charge in [0.25, 0.3) is 0 Å². The van der Waals surface area contributed by atoms with Crippen LogP contribution in [0.3, 0.4) is 0 Å². The lowest BCUT2D eigenvalue weighted by Crippen LogP contribution is -2.16. The first kappa shape index (κ1) is 24.6. The van der Waals surface area contributed by atoms with Gasteiger partial charge in [0.15, 0.2) is 11.5 Å². The summed E-state index contributed by atoms with van der Waals surface area (Å²) in [6, 6.07) is 13.6. The number of benzene rings is 3. The summed E-state index contributed by atoms with van der Waals surface area (Å²) in [6.07, 6.45) is -4.99. The molecule has 0 bridgehead atoms. The topological polar surface area (TPSA) is 84.2 Å². The summed E-state index contributed by atoms with van der Waals surface area (Å²) in [7, 11) is 4.17. The van der Waals surface area contributed by atoms with E-state index in [-0.39, 0.29) is 33.8 Å². The number of carbonyl (C=O) groups is 1. The Morgan fingerprint density at radius 1 is 0.806 bits per heavy atom. The number of rotatable bonds is 6. The predicted octanol–water partition coefficient (Wildman–Crippen LogP) is 5.72. The molecule has 0 atom stereocenters. The average Bonchev–Trinajstić information content (AvgIpc) is 2.87. The normalized spacial score (nSPS) is 11.3. The molecular formula is C26H19F3O7. The second kappa shape index (κ2) is 9.65. The number of esters is 1. The van der Waals surface area contributed by atoms with E-state index in [4.69, 9.17) is 23.4 Å². The van der Waals surface area contributed by atoms with Gasteiger partial charge >= 0.3 is 12.1 Å². The average molecular weight is 500 g/mol. The van der Waals surface area contributed by atoms with E-state index in [0.29, 0.717) is 5.75 Å². The molecule has 0 aliphatic heterocycles. The third-order valence-electron chi connectivity index (χ3n) is 5.33. The molecule has 4 rings (SSSR count). The van der Waals surface area contributed by atoms with Gasteiger partial charge < -0.3 is 23.4 Å². The van der Waals surface area contributed by atoms with Gasteiger partial charge in [-0.1, -0.05) is 6.07 Å². The summed E-state index contributed by atoms with van der Waals surface area (Å²) >= 11 is 0. The molecule has 0 saturated heterocycles. The van der Waals surface area contributed by atoms with Crippen molar-refractivity contribution in [3.63, 3.8) is 0 Å². The molecule has 10 heteroatoms. The molecule has 0 radical (unpaired) electrons. The molecule has 186 valence electrons. The zero-order valence-corrected chi connectivity index (χ0v) is 19.3. The molecule has 36 heavy (non-hydrogen) atoms. The van der Waals surface area contributed by atoms with Gasteiger partial charge in [-0.15, -0.1) is 0 Å². The van der Waals surface area contributed by atoms with E-state index >= 15 is 0 Å². The molecule has 4 aromatic rings. The fourth-order valence-electron chi connectivity index (χ4n) is 3.58. The van der Waals surface area contributed by atoms with Crippen LogP contribution in [0, 0.1) is 0 Å². The van der Waals surface area contributed by atoms with Crippen LogP contribution < -0.4 is 24.4 Å². The first-order valence-electron chi connectivity index (χ1n) is 10.4. The van der Waals surface area contributed by atoms with Crippen molar-refractivity contribution in [3.8, 4) is 34.1 Å². The van der Waals surface area contributed by atoms with Gasteiger partial charge in [0.2, 0.25) is 11.2 Å². The molecule has 0 aliphatic rings. The Labute approximate surface area is 202 Å². The molecule has 0 spiro atoms. The number of methoxy groups -OCH3 is 3. The van der Waals surface area contributed by atoms with E-state index in [1.54, 1.807) is 12.1 Å². The molecule has 7 nitrogen and oxygen atoms in total. The number of fused-ring (bicyclic) bond motifs is 1. The van der Waals surface area contributed by atoms with Crippen molar-refractivity contribution in [1.29, 1.82) is 0 Å². The number of halogens is 3. The van der Waals surface area contributed by atoms with Gasteiger partial charge in [-0.05, 0) is 54.1 Å². The Morgan fingerprint density at radius 3 is 2.08 bits per heavy atom. The van der Waals surface area contributed by atoms with Gasteiger partial charge in [0.05, 0.1) is 37.8 Å². The van der Waals surface area contributed by atoms with Gasteiger partial charge in [0.1, 0.15) is 17.1 Å². The Hall–Kier alpha value is -4.47. The number of alkyl halides is 3. The van der Waals surface area contributed by atoms with E-state index < -0.39 is 34.5 Å². The Bertz CT molecular complexity index is 1490. The summed E-state index contributed by atoms with van der Waals surface area (Å²) < 4.78 is 67.7. The number of hydrogen-bond donors (Lipinski definition) is 0. The third kappa shape index (κ3) is 4.70. The van der Waals surface area contributed by atoms with Gasteiger partial charge in [0, 0.05) is 6.07 Å². The third-order valence-corrected chi connectivity index (χ3v) is 5.33. The maximum atomic E-state index is 14.0. The molecule has 0 fully saturated rings. The second-order valence-corrected chi connectivity index (χ2v) is 7.48. The number of ether oxygens (including phenoxy) is 4. The van der Waals surface area contributed by atoms with Crippen LogP contribution in [0.2, 0.25) is 0 Å². The summed E-state index contributed by atoms with van der Waals surface area (Å²) in [5.41, 5.74) is -1.86. The van der Waals surface area contributed by atoms with Crippen LogP contribution in [-0.2, 0) is 6.18 Å². The monoisotopic (exact) mass is 500 g/mol. The lowest BCUT2D eigenvalue weighted by Gasteiger charge is -2.15. The van der Waals surface area contributed by atoms with Crippen LogP contribution in [-0.4, -0.2) is 27.3 Å². The van der Waals surface area contributed by atoms with Crippen LogP contribution in [0.4, 0.5) is 13.2 Å². The van der Waals surface area contributed by atoms with E-state index in [2.05, 4.69) is 0 Å². The Balaban J connectivity index is 1.80. The molecule has 1 aromatic heterocycles. The quantitative estimate of drug-likeness (QED) is 0.247. The highest BCUT2D eigenvalue weighted by Gasteiger charge is 2.39. The van der Waals surface area contributed by atoms with E-state index in [1.807, 2.05) is 0 Å². The minimum absolute atomic E-state index is 0.0642. The zero-order chi connectivity index (χ0) is 26.0. The number of hydrogen-bond acceptors (Lipinski definition) is 7. The molecule has 0 aliphatic carbocycles. The van der Waals surface area contributed by atoms with Crippen molar-refractivity contribution in [1.82, 2.24) is 0 Å². The Kier molecular flexibility index (Phi) is 6.61. The SMILES string of the molecule is COc1ccc(C(=O)Oc2ccc3c(=O)c(-c4ccc(OC)c(OC)c4)c(C(F)(F)F)oc3c2)cc1. The minimum atomic E-state index is -4.99. The van der Waals surface area contributed by atoms with E-state index in [9.17, 15) is 22.8 Å². The minimum Gasteiger partial charge on any atom is -0.497 e. The fraction of sp³-hybridized carbons (Fsp3) is 0.154. The first-order chi connectivity index (χ1) is 17.2. The second-order valence-electron chi connectivity index (χ2n) is 7.48. The highest BCUT2D eigenvalue weighted by molar-refractivity contribution is 5.92. The molecule has 0 amide bonds. The van der Waals surface area contributed by atoms with Crippen molar-refractivity contribution in [2.45, 2.75) is 6.18 Å². The van der Waals surface area contributed by atoms with Crippen LogP contribution in [0.5, 0.6) is 23.0 Å². The maximum absolute atomic E-state index is 14.0. The molecular weight excluding hydrogens is 481 g/mol. The van der Waals surface area contributed by atoms with Crippen molar-refractivity contribution >= 4 is 16.9 Å². The van der Waals surface area contributed by atoms with Crippen molar-refractivity contribution < 1.29 is 41.3 Å². The van der Waals surface area contributed by atoms with Crippen LogP contribution in [0.15, 0.2) is 69.9 Å². The Morgan fingerprint density at radius 2 is 1.47 bits per heavy atom. The fourth-order valence-corrected chi connectivity index (χ4v) is 3.58.